The maximum atomic E-state index is 11.2. The van der Waals surface area contributed by atoms with Crippen LogP contribution < -0.4 is 4.74 Å². The lowest BCUT2D eigenvalue weighted by atomic mass is 9.93. The second-order valence-corrected chi connectivity index (χ2v) is 6.11. The molecule has 0 saturated heterocycles. The van der Waals surface area contributed by atoms with Gasteiger partial charge in [0.25, 0.3) is 0 Å². The second-order valence-electron chi connectivity index (χ2n) is 6.11. The van der Waals surface area contributed by atoms with Crippen molar-refractivity contribution in [3.63, 3.8) is 0 Å². The maximum absolute atomic E-state index is 11.2. The highest BCUT2D eigenvalue weighted by Gasteiger charge is 2.12. The Hall–Kier alpha value is -1.51. The van der Waals surface area contributed by atoms with Gasteiger partial charge in [0.05, 0.1) is 12.7 Å². The maximum Gasteiger partial charge on any atom is 0.335 e. The summed E-state index contributed by atoms with van der Waals surface area (Å²) in [5.74, 6) is 0.0911. The average molecular weight is 306 g/mol. The molecule has 0 fully saturated rings. The highest BCUT2D eigenvalue weighted by Crippen LogP contribution is 2.27. The molecule has 1 atom stereocenters. The third kappa shape index (κ3) is 6.50. The van der Waals surface area contributed by atoms with E-state index in [-0.39, 0.29) is 0 Å². The van der Waals surface area contributed by atoms with Crippen LogP contribution in [-0.4, -0.2) is 18.2 Å². The molecule has 22 heavy (non-hydrogen) atoms. The number of benzene rings is 1. The number of carboxylic acid groups (broad SMARTS) is 1. The van der Waals surface area contributed by atoms with Crippen molar-refractivity contribution in [1.82, 2.24) is 0 Å². The lowest BCUT2D eigenvalue weighted by Crippen LogP contribution is -2.02. The minimum atomic E-state index is -0.900. The first-order chi connectivity index (χ1) is 10.6. The van der Waals surface area contributed by atoms with Gasteiger partial charge in [0.2, 0.25) is 0 Å². The molecule has 1 aromatic carbocycles. The van der Waals surface area contributed by atoms with Crippen molar-refractivity contribution in [2.45, 2.75) is 71.1 Å². The van der Waals surface area contributed by atoms with Crippen molar-refractivity contribution in [2.24, 2.45) is 0 Å². The standard InChI is InChI=1S/C19H30O3/c1-4-5-6-7-8-9-10-11-15(2)16-12-17(19(20)21)14-18(13-16)22-3/h12-15H,4-11H2,1-3H3,(H,20,21). The number of hydrogen-bond donors (Lipinski definition) is 1. The third-order valence-corrected chi connectivity index (χ3v) is 4.22. The molecule has 0 radical (unpaired) electrons. The molecule has 0 spiro atoms. The van der Waals surface area contributed by atoms with E-state index in [9.17, 15) is 9.90 Å². The first kappa shape index (κ1) is 18.5. The molecular weight excluding hydrogens is 276 g/mol. The van der Waals surface area contributed by atoms with E-state index in [0.717, 1.165) is 12.0 Å². The fourth-order valence-electron chi connectivity index (χ4n) is 2.72. The van der Waals surface area contributed by atoms with Crippen LogP contribution in [0, 0.1) is 0 Å². The Labute approximate surface area is 134 Å². The number of carboxylic acids is 1. The SMILES string of the molecule is CCCCCCCCCC(C)c1cc(OC)cc(C(=O)O)c1. The van der Waals surface area contributed by atoms with Crippen molar-refractivity contribution in [3.05, 3.63) is 29.3 Å². The molecule has 0 aliphatic rings. The summed E-state index contributed by atoms with van der Waals surface area (Å²) in [6, 6.07) is 5.31. The van der Waals surface area contributed by atoms with E-state index in [0.29, 0.717) is 17.2 Å². The smallest absolute Gasteiger partial charge is 0.335 e. The molecule has 0 aliphatic carbocycles. The predicted octanol–water partition coefficient (Wildman–Crippen LogP) is 5.64. The van der Waals surface area contributed by atoms with E-state index < -0.39 is 5.97 Å². The zero-order valence-corrected chi connectivity index (χ0v) is 14.2. The summed E-state index contributed by atoms with van der Waals surface area (Å²) >= 11 is 0. The largest absolute Gasteiger partial charge is 0.497 e. The first-order valence-electron chi connectivity index (χ1n) is 8.50. The van der Waals surface area contributed by atoms with Gasteiger partial charge in [0.1, 0.15) is 5.75 Å². The third-order valence-electron chi connectivity index (χ3n) is 4.22. The number of unbranched alkanes of at least 4 members (excludes halogenated alkanes) is 6. The van der Waals surface area contributed by atoms with E-state index in [1.54, 1.807) is 19.2 Å². The number of ether oxygens (including phenoxy) is 1. The Balaban J connectivity index is 2.46. The lowest BCUT2D eigenvalue weighted by molar-refractivity contribution is 0.0696. The molecule has 1 rings (SSSR count). The molecule has 1 aromatic rings. The van der Waals surface area contributed by atoms with Gasteiger partial charge >= 0.3 is 5.97 Å². The second kappa shape index (κ2) is 10.3. The number of carbonyl (C=O) groups is 1. The number of rotatable bonds is 11. The van der Waals surface area contributed by atoms with Crippen molar-refractivity contribution in [1.29, 1.82) is 0 Å². The summed E-state index contributed by atoms with van der Waals surface area (Å²) < 4.78 is 5.21. The quantitative estimate of drug-likeness (QED) is 0.538. The van der Waals surface area contributed by atoms with Crippen LogP contribution in [0.4, 0.5) is 0 Å². The van der Waals surface area contributed by atoms with Crippen LogP contribution >= 0.6 is 0 Å². The first-order valence-corrected chi connectivity index (χ1v) is 8.50. The monoisotopic (exact) mass is 306 g/mol. The summed E-state index contributed by atoms with van der Waals surface area (Å²) in [5, 5.41) is 9.17. The van der Waals surface area contributed by atoms with Crippen LogP contribution in [0.15, 0.2) is 18.2 Å². The topological polar surface area (TPSA) is 46.5 Å². The fourth-order valence-corrected chi connectivity index (χ4v) is 2.72. The molecule has 3 heteroatoms. The molecule has 0 aliphatic heterocycles. The number of methoxy groups -OCH3 is 1. The van der Waals surface area contributed by atoms with Gasteiger partial charge in [-0.05, 0) is 36.1 Å². The summed E-state index contributed by atoms with van der Waals surface area (Å²) in [5.41, 5.74) is 1.36. The van der Waals surface area contributed by atoms with Gasteiger partial charge in [0.15, 0.2) is 0 Å². The Morgan fingerprint density at radius 1 is 1.09 bits per heavy atom. The van der Waals surface area contributed by atoms with Gasteiger partial charge in [0, 0.05) is 0 Å². The Bertz CT molecular complexity index is 454. The van der Waals surface area contributed by atoms with Crippen LogP contribution in [-0.2, 0) is 0 Å². The molecule has 124 valence electrons. The van der Waals surface area contributed by atoms with Crippen molar-refractivity contribution < 1.29 is 14.6 Å². The van der Waals surface area contributed by atoms with Gasteiger partial charge in [-0.3, -0.25) is 0 Å². The summed E-state index contributed by atoms with van der Waals surface area (Å²) in [7, 11) is 1.58. The molecule has 0 saturated carbocycles. The van der Waals surface area contributed by atoms with E-state index in [2.05, 4.69) is 13.8 Å². The van der Waals surface area contributed by atoms with Crippen LogP contribution in [0.1, 0.15) is 87.1 Å². The van der Waals surface area contributed by atoms with E-state index in [4.69, 9.17) is 4.74 Å². The minimum absolute atomic E-state index is 0.306. The summed E-state index contributed by atoms with van der Waals surface area (Å²) in [6.45, 7) is 4.40. The highest BCUT2D eigenvalue weighted by molar-refractivity contribution is 5.88. The van der Waals surface area contributed by atoms with E-state index in [1.807, 2.05) is 6.07 Å². The Kier molecular flexibility index (Phi) is 8.64. The minimum Gasteiger partial charge on any atom is -0.497 e. The van der Waals surface area contributed by atoms with E-state index >= 15 is 0 Å². The van der Waals surface area contributed by atoms with Crippen molar-refractivity contribution in [2.75, 3.05) is 7.11 Å². The Morgan fingerprint density at radius 3 is 2.32 bits per heavy atom. The Morgan fingerprint density at radius 2 is 1.73 bits per heavy atom. The summed E-state index contributed by atoms with van der Waals surface area (Å²) in [6.07, 6.45) is 10.2. The molecule has 1 unspecified atom stereocenters. The molecule has 0 bridgehead atoms. The van der Waals surface area contributed by atoms with Gasteiger partial charge < -0.3 is 9.84 Å². The number of hydrogen-bond acceptors (Lipinski definition) is 2. The molecule has 0 aromatic heterocycles. The molecule has 1 N–H and O–H groups in total. The van der Waals surface area contributed by atoms with Crippen LogP contribution in [0.2, 0.25) is 0 Å². The average Bonchev–Trinajstić information content (AvgIpc) is 2.53. The van der Waals surface area contributed by atoms with Crippen LogP contribution in [0.3, 0.4) is 0 Å². The zero-order chi connectivity index (χ0) is 16.4. The van der Waals surface area contributed by atoms with Crippen LogP contribution in [0.5, 0.6) is 5.75 Å². The predicted molar refractivity (Wildman–Crippen MR) is 91.0 cm³/mol. The highest BCUT2D eigenvalue weighted by atomic mass is 16.5. The summed E-state index contributed by atoms with van der Waals surface area (Å²) in [4.78, 5) is 11.2. The molecule has 3 nitrogen and oxygen atoms in total. The molecular formula is C19H30O3. The fraction of sp³-hybridized carbons (Fsp3) is 0.632. The lowest BCUT2D eigenvalue weighted by Gasteiger charge is -2.14. The molecule has 0 amide bonds. The van der Waals surface area contributed by atoms with Gasteiger partial charge in [-0.15, -0.1) is 0 Å². The zero-order valence-electron chi connectivity index (χ0n) is 14.2. The number of aromatic carboxylic acids is 1. The van der Waals surface area contributed by atoms with E-state index in [1.165, 1.54) is 44.9 Å². The van der Waals surface area contributed by atoms with Gasteiger partial charge in [-0.1, -0.05) is 58.8 Å². The van der Waals surface area contributed by atoms with Gasteiger partial charge in [-0.25, -0.2) is 4.79 Å². The molecule has 0 heterocycles. The normalized spacial score (nSPS) is 12.1. The van der Waals surface area contributed by atoms with Crippen LogP contribution in [0.25, 0.3) is 0 Å². The van der Waals surface area contributed by atoms with Gasteiger partial charge in [-0.2, -0.15) is 0 Å². The van der Waals surface area contributed by atoms with Crippen molar-refractivity contribution >= 4 is 5.97 Å². The van der Waals surface area contributed by atoms with Crippen molar-refractivity contribution in [3.8, 4) is 5.75 Å².